The summed E-state index contributed by atoms with van der Waals surface area (Å²) >= 11 is 1.56. The highest BCUT2D eigenvalue weighted by Gasteiger charge is 2.08. The Kier molecular flexibility index (Phi) is 5.03. The van der Waals surface area contributed by atoms with Crippen molar-refractivity contribution in [3.05, 3.63) is 53.2 Å². The molecular formula is C16H16N2OS. The first-order valence-corrected chi connectivity index (χ1v) is 7.38. The van der Waals surface area contributed by atoms with Crippen LogP contribution in [0.2, 0.25) is 0 Å². The van der Waals surface area contributed by atoms with Crippen LogP contribution in [-0.2, 0) is 0 Å². The van der Waals surface area contributed by atoms with Gasteiger partial charge in [0.25, 0.3) is 0 Å². The molecule has 20 heavy (non-hydrogen) atoms. The molecule has 1 aromatic heterocycles. The molecule has 0 unspecified atom stereocenters. The second-order valence-corrected chi connectivity index (χ2v) is 5.47. The van der Waals surface area contributed by atoms with Crippen LogP contribution in [0, 0.1) is 25.2 Å². The molecule has 2 aromatic rings. The number of thioether (sulfide) groups is 1. The molecule has 102 valence electrons. The van der Waals surface area contributed by atoms with Gasteiger partial charge in [-0.3, -0.25) is 0 Å². The smallest absolute Gasteiger partial charge is 0.119 e. The summed E-state index contributed by atoms with van der Waals surface area (Å²) in [7, 11) is 0. The fraction of sp³-hybridized carbons (Fsp3) is 0.250. The molecular weight excluding hydrogens is 268 g/mol. The molecule has 0 radical (unpaired) electrons. The lowest BCUT2D eigenvalue weighted by Crippen LogP contribution is -2.02. The second-order valence-electron chi connectivity index (χ2n) is 4.38. The minimum atomic E-state index is 0.591. The molecule has 2 rings (SSSR count). The number of rotatable bonds is 5. The summed E-state index contributed by atoms with van der Waals surface area (Å²) in [6.45, 7) is 4.48. The van der Waals surface area contributed by atoms with Crippen molar-refractivity contribution in [2.45, 2.75) is 18.9 Å². The molecule has 0 spiro atoms. The van der Waals surface area contributed by atoms with E-state index in [0.717, 1.165) is 27.8 Å². The fourth-order valence-electron chi connectivity index (χ4n) is 1.86. The monoisotopic (exact) mass is 284 g/mol. The van der Waals surface area contributed by atoms with Gasteiger partial charge in [-0.05, 0) is 37.6 Å². The van der Waals surface area contributed by atoms with Gasteiger partial charge in [0.05, 0.1) is 12.2 Å². The first-order chi connectivity index (χ1) is 9.70. The van der Waals surface area contributed by atoms with E-state index in [0.29, 0.717) is 12.2 Å². The molecule has 3 nitrogen and oxygen atoms in total. The zero-order chi connectivity index (χ0) is 14.4. The van der Waals surface area contributed by atoms with Crippen LogP contribution < -0.4 is 4.74 Å². The minimum absolute atomic E-state index is 0.591. The number of hydrogen-bond donors (Lipinski definition) is 0. The third-order valence-corrected chi connectivity index (χ3v) is 3.70. The van der Waals surface area contributed by atoms with Gasteiger partial charge in [-0.15, -0.1) is 11.8 Å². The van der Waals surface area contributed by atoms with Crippen LogP contribution in [0.4, 0.5) is 0 Å². The summed E-state index contributed by atoms with van der Waals surface area (Å²) < 4.78 is 5.63. The second kappa shape index (κ2) is 6.97. The van der Waals surface area contributed by atoms with Gasteiger partial charge < -0.3 is 4.74 Å². The van der Waals surface area contributed by atoms with Crippen molar-refractivity contribution in [1.82, 2.24) is 4.98 Å². The zero-order valence-electron chi connectivity index (χ0n) is 11.6. The molecule has 0 aliphatic heterocycles. The number of nitriles is 1. The predicted octanol–water partition coefficient (Wildman–Crippen LogP) is 3.74. The standard InChI is InChI=1S/C16H16N2OS/c1-12-10-13(2)18-16(15(12)11-17)20-9-8-19-14-6-4-3-5-7-14/h3-7,10H,8-9H2,1-2H3. The fourth-order valence-corrected chi connectivity index (χ4v) is 2.78. The number of nitrogens with zero attached hydrogens (tertiary/aromatic N) is 2. The lowest BCUT2D eigenvalue weighted by atomic mass is 10.1. The molecule has 0 atom stereocenters. The highest BCUT2D eigenvalue weighted by Crippen LogP contribution is 2.23. The molecule has 0 saturated heterocycles. The van der Waals surface area contributed by atoms with E-state index in [-0.39, 0.29) is 0 Å². The predicted molar refractivity (Wildman–Crippen MR) is 81.1 cm³/mol. The number of para-hydroxylation sites is 1. The third-order valence-electron chi connectivity index (χ3n) is 2.76. The summed E-state index contributed by atoms with van der Waals surface area (Å²) in [5.74, 6) is 1.63. The Bertz CT molecular complexity index is 620. The quantitative estimate of drug-likeness (QED) is 0.620. The molecule has 0 saturated carbocycles. The topological polar surface area (TPSA) is 45.9 Å². The van der Waals surface area contributed by atoms with Crippen LogP contribution in [-0.4, -0.2) is 17.3 Å². The Balaban J connectivity index is 1.93. The number of pyridine rings is 1. The van der Waals surface area contributed by atoms with E-state index >= 15 is 0 Å². The summed E-state index contributed by atoms with van der Waals surface area (Å²) in [6.07, 6.45) is 0. The van der Waals surface area contributed by atoms with Gasteiger partial charge in [0.1, 0.15) is 16.8 Å². The Morgan fingerprint density at radius 2 is 2.00 bits per heavy atom. The van der Waals surface area contributed by atoms with Crippen LogP contribution in [0.1, 0.15) is 16.8 Å². The van der Waals surface area contributed by atoms with E-state index in [1.165, 1.54) is 0 Å². The normalized spacial score (nSPS) is 10.1. The maximum absolute atomic E-state index is 9.19. The van der Waals surface area contributed by atoms with E-state index in [1.807, 2.05) is 50.2 Å². The van der Waals surface area contributed by atoms with Crippen LogP contribution in [0.15, 0.2) is 41.4 Å². The summed E-state index contributed by atoms with van der Waals surface area (Å²) in [5, 5.41) is 9.98. The zero-order valence-corrected chi connectivity index (χ0v) is 12.4. The number of hydrogen-bond acceptors (Lipinski definition) is 4. The van der Waals surface area contributed by atoms with E-state index in [4.69, 9.17) is 4.74 Å². The van der Waals surface area contributed by atoms with Crippen molar-refractivity contribution in [3.8, 4) is 11.8 Å². The molecule has 0 amide bonds. The maximum atomic E-state index is 9.19. The summed E-state index contributed by atoms with van der Waals surface area (Å²) in [6, 6.07) is 13.9. The number of aromatic nitrogens is 1. The number of aryl methyl sites for hydroxylation is 2. The number of ether oxygens (including phenoxy) is 1. The SMILES string of the molecule is Cc1cc(C)c(C#N)c(SCCOc2ccccc2)n1. The molecule has 0 fully saturated rings. The van der Waals surface area contributed by atoms with Gasteiger partial charge in [0.15, 0.2) is 0 Å². The van der Waals surface area contributed by atoms with Crippen molar-refractivity contribution in [2.75, 3.05) is 12.4 Å². The van der Waals surface area contributed by atoms with Crippen molar-refractivity contribution in [1.29, 1.82) is 5.26 Å². The van der Waals surface area contributed by atoms with E-state index in [1.54, 1.807) is 11.8 Å². The van der Waals surface area contributed by atoms with Crippen LogP contribution in [0.3, 0.4) is 0 Å². The van der Waals surface area contributed by atoms with Gasteiger partial charge in [0, 0.05) is 11.4 Å². The molecule has 4 heteroatoms. The number of benzene rings is 1. The third kappa shape index (κ3) is 3.75. The van der Waals surface area contributed by atoms with Crippen molar-refractivity contribution < 1.29 is 4.74 Å². The highest BCUT2D eigenvalue weighted by atomic mass is 32.2. The average molecular weight is 284 g/mol. The van der Waals surface area contributed by atoms with E-state index < -0.39 is 0 Å². The maximum Gasteiger partial charge on any atom is 0.119 e. The molecule has 1 aromatic carbocycles. The molecule has 0 aliphatic rings. The molecule has 0 bridgehead atoms. The molecule has 0 aliphatic carbocycles. The van der Waals surface area contributed by atoms with E-state index in [9.17, 15) is 5.26 Å². The van der Waals surface area contributed by atoms with Gasteiger partial charge in [-0.25, -0.2) is 4.98 Å². The van der Waals surface area contributed by atoms with Crippen molar-refractivity contribution in [3.63, 3.8) is 0 Å². The van der Waals surface area contributed by atoms with Gasteiger partial charge in [-0.2, -0.15) is 5.26 Å². The average Bonchev–Trinajstić information content (AvgIpc) is 2.44. The van der Waals surface area contributed by atoms with Gasteiger partial charge >= 0.3 is 0 Å². The van der Waals surface area contributed by atoms with Crippen molar-refractivity contribution >= 4 is 11.8 Å². The Hall–Kier alpha value is -1.99. The highest BCUT2D eigenvalue weighted by molar-refractivity contribution is 7.99. The molecule has 0 N–H and O–H groups in total. The summed E-state index contributed by atoms with van der Waals surface area (Å²) in [5.41, 5.74) is 2.58. The lowest BCUT2D eigenvalue weighted by Gasteiger charge is -2.08. The van der Waals surface area contributed by atoms with Crippen LogP contribution >= 0.6 is 11.8 Å². The minimum Gasteiger partial charge on any atom is -0.493 e. The Morgan fingerprint density at radius 3 is 2.70 bits per heavy atom. The van der Waals surface area contributed by atoms with Crippen LogP contribution in [0.5, 0.6) is 5.75 Å². The summed E-state index contributed by atoms with van der Waals surface area (Å²) in [4.78, 5) is 4.43. The van der Waals surface area contributed by atoms with Gasteiger partial charge in [0.2, 0.25) is 0 Å². The lowest BCUT2D eigenvalue weighted by molar-refractivity contribution is 0.344. The van der Waals surface area contributed by atoms with Crippen LogP contribution in [0.25, 0.3) is 0 Å². The first kappa shape index (κ1) is 14.4. The van der Waals surface area contributed by atoms with E-state index in [2.05, 4.69) is 11.1 Å². The first-order valence-electron chi connectivity index (χ1n) is 6.39. The largest absolute Gasteiger partial charge is 0.493 e. The Morgan fingerprint density at radius 1 is 1.25 bits per heavy atom. The van der Waals surface area contributed by atoms with Gasteiger partial charge in [-0.1, -0.05) is 18.2 Å². The molecule has 1 heterocycles. The Labute approximate surface area is 123 Å². The van der Waals surface area contributed by atoms with Crippen molar-refractivity contribution in [2.24, 2.45) is 0 Å².